The minimum Gasteiger partial charge on any atom is -0.352 e. The highest BCUT2D eigenvalue weighted by molar-refractivity contribution is 7.99. The SMILES string of the molecule is Clc1ccc2c(c1Cl)Nc1ccccc1S2. The van der Waals surface area contributed by atoms with Crippen LogP contribution in [0.5, 0.6) is 0 Å². The van der Waals surface area contributed by atoms with E-state index in [9.17, 15) is 0 Å². The van der Waals surface area contributed by atoms with E-state index in [4.69, 9.17) is 23.2 Å². The average molecular weight is 268 g/mol. The second kappa shape index (κ2) is 3.88. The molecule has 0 saturated carbocycles. The summed E-state index contributed by atoms with van der Waals surface area (Å²) in [5.74, 6) is 0. The Bertz CT molecular complexity index is 569. The molecule has 0 amide bonds. The molecule has 1 N–H and O–H groups in total. The van der Waals surface area contributed by atoms with E-state index in [1.807, 2.05) is 30.3 Å². The molecular weight excluding hydrogens is 261 g/mol. The van der Waals surface area contributed by atoms with Crippen LogP contribution in [0, 0.1) is 0 Å². The van der Waals surface area contributed by atoms with E-state index < -0.39 is 0 Å². The van der Waals surface area contributed by atoms with Crippen molar-refractivity contribution in [2.75, 3.05) is 5.32 Å². The van der Waals surface area contributed by atoms with Crippen molar-refractivity contribution >= 4 is 46.3 Å². The van der Waals surface area contributed by atoms with Crippen LogP contribution in [-0.2, 0) is 0 Å². The third-order valence-electron chi connectivity index (χ3n) is 2.42. The highest BCUT2D eigenvalue weighted by Gasteiger charge is 2.18. The number of nitrogens with one attached hydrogen (secondary N) is 1. The third-order valence-corrected chi connectivity index (χ3v) is 4.36. The van der Waals surface area contributed by atoms with Crippen molar-refractivity contribution in [2.24, 2.45) is 0 Å². The number of halogens is 2. The van der Waals surface area contributed by atoms with Crippen LogP contribution in [0.3, 0.4) is 0 Å². The van der Waals surface area contributed by atoms with Gasteiger partial charge in [-0.1, -0.05) is 47.1 Å². The van der Waals surface area contributed by atoms with Gasteiger partial charge in [0.2, 0.25) is 0 Å². The van der Waals surface area contributed by atoms with Gasteiger partial charge in [0, 0.05) is 9.79 Å². The first kappa shape index (κ1) is 10.3. The lowest BCUT2D eigenvalue weighted by molar-refractivity contribution is 1.32. The Labute approximate surface area is 108 Å². The molecule has 1 aliphatic heterocycles. The Morgan fingerprint density at radius 1 is 0.938 bits per heavy atom. The summed E-state index contributed by atoms with van der Waals surface area (Å²) in [4.78, 5) is 2.31. The molecule has 1 aliphatic rings. The van der Waals surface area contributed by atoms with Crippen LogP contribution in [0.2, 0.25) is 10.0 Å². The highest BCUT2D eigenvalue weighted by Crippen LogP contribution is 2.48. The second-order valence-corrected chi connectivity index (χ2v) is 5.33. The van der Waals surface area contributed by atoms with Crippen LogP contribution in [-0.4, -0.2) is 0 Å². The zero-order valence-electron chi connectivity index (χ0n) is 8.13. The van der Waals surface area contributed by atoms with Crippen LogP contribution in [0.25, 0.3) is 0 Å². The fourth-order valence-electron chi connectivity index (χ4n) is 1.65. The predicted octanol–water partition coefficient (Wildman–Crippen LogP) is 5.20. The number of para-hydroxylation sites is 1. The van der Waals surface area contributed by atoms with Crippen LogP contribution in [0.4, 0.5) is 11.4 Å². The molecule has 2 aromatic carbocycles. The summed E-state index contributed by atoms with van der Waals surface area (Å²) < 4.78 is 0. The van der Waals surface area contributed by atoms with E-state index in [2.05, 4.69) is 11.4 Å². The quantitative estimate of drug-likeness (QED) is 0.601. The molecule has 4 heteroatoms. The molecule has 16 heavy (non-hydrogen) atoms. The van der Waals surface area contributed by atoms with Gasteiger partial charge in [0.05, 0.1) is 21.4 Å². The highest BCUT2D eigenvalue weighted by atomic mass is 35.5. The molecule has 2 aromatic rings. The Hall–Kier alpha value is -0.830. The minimum atomic E-state index is 0.577. The number of benzene rings is 2. The monoisotopic (exact) mass is 267 g/mol. The molecule has 0 bridgehead atoms. The van der Waals surface area contributed by atoms with Gasteiger partial charge in [-0.15, -0.1) is 0 Å². The first-order chi connectivity index (χ1) is 7.75. The predicted molar refractivity (Wildman–Crippen MR) is 70.3 cm³/mol. The summed E-state index contributed by atoms with van der Waals surface area (Å²) in [7, 11) is 0. The van der Waals surface area contributed by atoms with Crippen LogP contribution >= 0.6 is 35.0 Å². The summed E-state index contributed by atoms with van der Waals surface area (Å²) in [6.45, 7) is 0. The van der Waals surface area contributed by atoms with E-state index >= 15 is 0 Å². The van der Waals surface area contributed by atoms with Crippen molar-refractivity contribution in [3.63, 3.8) is 0 Å². The Morgan fingerprint density at radius 2 is 1.75 bits per heavy atom. The Morgan fingerprint density at radius 3 is 2.62 bits per heavy atom. The number of hydrogen-bond donors (Lipinski definition) is 1. The largest absolute Gasteiger partial charge is 0.352 e. The summed E-state index contributed by atoms with van der Waals surface area (Å²) in [5.41, 5.74) is 1.97. The maximum Gasteiger partial charge on any atom is 0.0838 e. The molecule has 80 valence electrons. The molecule has 0 atom stereocenters. The smallest absolute Gasteiger partial charge is 0.0838 e. The topological polar surface area (TPSA) is 12.0 Å². The van der Waals surface area contributed by atoms with Crippen LogP contribution < -0.4 is 5.32 Å². The van der Waals surface area contributed by atoms with E-state index in [0.717, 1.165) is 16.3 Å². The van der Waals surface area contributed by atoms with E-state index in [0.29, 0.717) is 10.0 Å². The zero-order valence-corrected chi connectivity index (χ0v) is 10.5. The number of anilines is 2. The van der Waals surface area contributed by atoms with Gasteiger partial charge in [-0.25, -0.2) is 0 Å². The van der Waals surface area contributed by atoms with Crippen LogP contribution in [0.15, 0.2) is 46.2 Å². The van der Waals surface area contributed by atoms with Crippen molar-refractivity contribution < 1.29 is 0 Å². The van der Waals surface area contributed by atoms with E-state index in [1.165, 1.54) is 4.90 Å². The molecule has 1 nitrogen and oxygen atoms in total. The van der Waals surface area contributed by atoms with Gasteiger partial charge in [0.25, 0.3) is 0 Å². The second-order valence-electron chi connectivity index (χ2n) is 3.46. The first-order valence-electron chi connectivity index (χ1n) is 4.77. The molecule has 3 rings (SSSR count). The van der Waals surface area contributed by atoms with Gasteiger partial charge in [0.1, 0.15) is 0 Å². The van der Waals surface area contributed by atoms with Gasteiger partial charge in [-0.05, 0) is 24.3 Å². The molecule has 0 radical (unpaired) electrons. The molecule has 0 fully saturated rings. The molecule has 0 unspecified atom stereocenters. The van der Waals surface area contributed by atoms with E-state index in [1.54, 1.807) is 11.8 Å². The van der Waals surface area contributed by atoms with Crippen molar-refractivity contribution in [3.8, 4) is 0 Å². The maximum atomic E-state index is 6.17. The molecular formula is C12H7Cl2NS. The third kappa shape index (κ3) is 1.58. The Balaban J connectivity index is 2.16. The fraction of sp³-hybridized carbons (Fsp3) is 0. The fourth-order valence-corrected chi connectivity index (χ4v) is 3.08. The molecule has 0 aromatic heterocycles. The summed E-state index contributed by atoms with van der Waals surface area (Å²) in [6.07, 6.45) is 0. The molecule has 0 saturated heterocycles. The lowest BCUT2D eigenvalue weighted by Crippen LogP contribution is -2.00. The maximum absolute atomic E-state index is 6.17. The number of fused-ring (bicyclic) bond motifs is 2. The van der Waals surface area contributed by atoms with Gasteiger partial charge in [0.15, 0.2) is 0 Å². The molecule has 0 aliphatic carbocycles. The summed E-state index contributed by atoms with van der Waals surface area (Å²) in [5, 5.41) is 4.47. The summed E-state index contributed by atoms with van der Waals surface area (Å²) >= 11 is 13.9. The van der Waals surface area contributed by atoms with Crippen LogP contribution in [0.1, 0.15) is 0 Å². The van der Waals surface area contributed by atoms with Gasteiger partial charge in [-0.3, -0.25) is 0 Å². The van der Waals surface area contributed by atoms with Crippen molar-refractivity contribution in [1.29, 1.82) is 0 Å². The number of hydrogen-bond acceptors (Lipinski definition) is 2. The lowest BCUT2D eigenvalue weighted by Gasteiger charge is -2.21. The van der Waals surface area contributed by atoms with Crippen molar-refractivity contribution in [2.45, 2.75) is 9.79 Å². The lowest BCUT2D eigenvalue weighted by atomic mass is 10.2. The standard InChI is InChI=1S/C12H7Cl2NS/c13-7-5-6-10-12(11(7)14)15-8-3-1-2-4-9(8)16-10/h1-6,15H. The average Bonchev–Trinajstić information content (AvgIpc) is 2.32. The molecule has 0 spiro atoms. The number of rotatable bonds is 0. The normalized spacial score (nSPS) is 12.6. The zero-order chi connectivity index (χ0) is 11.1. The van der Waals surface area contributed by atoms with Gasteiger partial charge in [-0.2, -0.15) is 0 Å². The van der Waals surface area contributed by atoms with E-state index in [-0.39, 0.29) is 0 Å². The van der Waals surface area contributed by atoms with Gasteiger partial charge >= 0.3 is 0 Å². The molecule has 1 heterocycles. The Kier molecular flexibility index (Phi) is 2.51. The summed E-state index contributed by atoms with van der Waals surface area (Å²) in [6, 6.07) is 11.9. The first-order valence-corrected chi connectivity index (χ1v) is 6.35. The van der Waals surface area contributed by atoms with Gasteiger partial charge < -0.3 is 5.32 Å². The minimum absolute atomic E-state index is 0.577. The van der Waals surface area contributed by atoms with Crippen molar-refractivity contribution in [1.82, 2.24) is 0 Å². The van der Waals surface area contributed by atoms with Crippen molar-refractivity contribution in [3.05, 3.63) is 46.4 Å².